The summed E-state index contributed by atoms with van der Waals surface area (Å²) < 4.78 is 5.31. The molecule has 0 spiro atoms. The molecule has 1 aliphatic carbocycles. The van der Waals surface area contributed by atoms with Gasteiger partial charge in [-0.05, 0) is 49.5 Å². The fourth-order valence-corrected chi connectivity index (χ4v) is 3.99. The SMILES string of the molecule is CCNC(=NCC1(CCOC)CCCC1)NCCc1cccs1.I. The number of aliphatic imine (C=N–C) groups is 1. The lowest BCUT2D eigenvalue weighted by atomic mass is 9.83. The highest BCUT2D eigenvalue weighted by molar-refractivity contribution is 14.0. The Balaban J connectivity index is 0.00000288. The van der Waals surface area contributed by atoms with E-state index < -0.39 is 0 Å². The Morgan fingerprint density at radius 3 is 2.75 bits per heavy atom. The standard InChI is InChI=1S/C18H31N3OS.HI/c1-3-19-17(20-12-8-16-7-6-14-23-16)21-15-18(11-13-22-2)9-4-5-10-18;/h6-7,14H,3-5,8-13,15H2,1-2H3,(H2,19,20,21);1H. The molecule has 4 nitrogen and oxygen atoms in total. The molecule has 2 rings (SSSR count). The van der Waals surface area contributed by atoms with Crippen molar-refractivity contribution < 1.29 is 4.74 Å². The second-order valence-corrected chi connectivity index (χ2v) is 7.43. The van der Waals surface area contributed by atoms with Crippen molar-refractivity contribution in [3.63, 3.8) is 0 Å². The van der Waals surface area contributed by atoms with Gasteiger partial charge in [-0.25, -0.2) is 0 Å². The lowest BCUT2D eigenvalue weighted by molar-refractivity contribution is 0.141. The second kappa shape index (κ2) is 12.1. The number of halogens is 1. The Bertz CT molecular complexity index is 459. The molecule has 0 unspecified atom stereocenters. The zero-order valence-corrected chi connectivity index (χ0v) is 18.1. The fourth-order valence-electron chi connectivity index (χ4n) is 3.28. The van der Waals surface area contributed by atoms with Crippen molar-refractivity contribution >= 4 is 41.3 Å². The molecule has 1 aromatic heterocycles. The van der Waals surface area contributed by atoms with E-state index in [0.29, 0.717) is 5.41 Å². The summed E-state index contributed by atoms with van der Waals surface area (Å²) >= 11 is 1.82. The van der Waals surface area contributed by atoms with E-state index >= 15 is 0 Å². The van der Waals surface area contributed by atoms with Gasteiger partial charge in [0, 0.05) is 38.2 Å². The summed E-state index contributed by atoms with van der Waals surface area (Å²) in [5.41, 5.74) is 0.353. The lowest BCUT2D eigenvalue weighted by Gasteiger charge is -2.27. The van der Waals surface area contributed by atoms with Crippen molar-refractivity contribution in [2.75, 3.05) is 33.4 Å². The molecular weight excluding hydrogens is 433 g/mol. The minimum absolute atomic E-state index is 0. The number of rotatable bonds is 9. The third-order valence-corrected chi connectivity index (χ3v) is 5.60. The first-order valence-corrected chi connectivity index (χ1v) is 9.69. The molecule has 0 saturated heterocycles. The van der Waals surface area contributed by atoms with Crippen LogP contribution in [0.3, 0.4) is 0 Å². The first kappa shape index (κ1) is 21.7. The van der Waals surface area contributed by atoms with Crippen LogP contribution < -0.4 is 10.6 Å². The molecule has 0 aliphatic heterocycles. The van der Waals surface area contributed by atoms with Crippen LogP contribution in [0, 0.1) is 5.41 Å². The molecule has 1 fully saturated rings. The average Bonchev–Trinajstić information content (AvgIpc) is 3.23. The van der Waals surface area contributed by atoms with Gasteiger partial charge >= 0.3 is 0 Å². The van der Waals surface area contributed by atoms with Gasteiger partial charge in [0.05, 0.1) is 0 Å². The molecule has 1 heterocycles. The lowest BCUT2D eigenvalue weighted by Crippen LogP contribution is -2.39. The minimum Gasteiger partial charge on any atom is -0.385 e. The largest absolute Gasteiger partial charge is 0.385 e. The van der Waals surface area contributed by atoms with Gasteiger partial charge in [0.25, 0.3) is 0 Å². The monoisotopic (exact) mass is 465 g/mol. The van der Waals surface area contributed by atoms with E-state index in [4.69, 9.17) is 9.73 Å². The van der Waals surface area contributed by atoms with Crippen LogP contribution in [0.1, 0.15) is 43.9 Å². The molecular formula is C18H32IN3OS. The van der Waals surface area contributed by atoms with Gasteiger partial charge in [0.1, 0.15) is 0 Å². The van der Waals surface area contributed by atoms with E-state index in [1.54, 1.807) is 7.11 Å². The molecule has 1 saturated carbocycles. The highest BCUT2D eigenvalue weighted by atomic mass is 127. The molecule has 2 N–H and O–H groups in total. The van der Waals surface area contributed by atoms with Gasteiger partial charge < -0.3 is 15.4 Å². The zero-order chi connectivity index (χ0) is 16.4. The number of ether oxygens (including phenoxy) is 1. The van der Waals surface area contributed by atoms with Crippen molar-refractivity contribution in [2.24, 2.45) is 10.4 Å². The van der Waals surface area contributed by atoms with Gasteiger partial charge in [-0.3, -0.25) is 4.99 Å². The minimum atomic E-state index is 0. The molecule has 24 heavy (non-hydrogen) atoms. The Hall–Kier alpha value is -0.340. The summed E-state index contributed by atoms with van der Waals surface area (Å²) in [7, 11) is 1.79. The highest BCUT2D eigenvalue weighted by Crippen LogP contribution is 2.41. The van der Waals surface area contributed by atoms with E-state index in [9.17, 15) is 0 Å². The predicted octanol–water partition coefficient (Wildman–Crippen LogP) is 4.06. The van der Waals surface area contributed by atoms with Crippen LogP contribution in [-0.4, -0.2) is 39.3 Å². The van der Waals surface area contributed by atoms with Crippen molar-refractivity contribution in [1.82, 2.24) is 10.6 Å². The predicted molar refractivity (Wildman–Crippen MR) is 115 cm³/mol. The first-order valence-electron chi connectivity index (χ1n) is 8.81. The summed E-state index contributed by atoms with van der Waals surface area (Å²) in [6.45, 7) is 5.70. The summed E-state index contributed by atoms with van der Waals surface area (Å²) in [5, 5.41) is 8.97. The molecule has 0 aromatic carbocycles. The number of hydrogen-bond donors (Lipinski definition) is 2. The molecule has 6 heteroatoms. The molecule has 0 radical (unpaired) electrons. The fraction of sp³-hybridized carbons (Fsp3) is 0.722. The normalized spacial score (nSPS) is 16.7. The van der Waals surface area contributed by atoms with Gasteiger partial charge in [-0.15, -0.1) is 35.3 Å². The van der Waals surface area contributed by atoms with E-state index in [1.807, 2.05) is 11.3 Å². The Morgan fingerprint density at radius 1 is 1.33 bits per heavy atom. The van der Waals surface area contributed by atoms with Crippen LogP contribution in [0.5, 0.6) is 0 Å². The average molecular weight is 465 g/mol. The summed E-state index contributed by atoms with van der Waals surface area (Å²) in [6, 6.07) is 4.30. The van der Waals surface area contributed by atoms with Crippen LogP contribution in [0.25, 0.3) is 0 Å². The second-order valence-electron chi connectivity index (χ2n) is 6.40. The van der Waals surface area contributed by atoms with Crippen LogP contribution in [0.2, 0.25) is 0 Å². The number of thiophene rings is 1. The van der Waals surface area contributed by atoms with Crippen LogP contribution in [0.4, 0.5) is 0 Å². The third-order valence-electron chi connectivity index (χ3n) is 4.66. The molecule has 0 bridgehead atoms. The maximum Gasteiger partial charge on any atom is 0.191 e. The van der Waals surface area contributed by atoms with Crippen LogP contribution in [-0.2, 0) is 11.2 Å². The molecule has 1 aromatic rings. The van der Waals surface area contributed by atoms with Crippen molar-refractivity contribution in [1.29, 1.82) is 0 Å². The van der Waals surface area contributed by atoms with Crippen molar-refractivity contribution in [3.8, 4) is 0 Å². The number of nitrogens with zero attached hydrogens (tertiary/aromatic N) is 1. The van der Waals surface area contributed by atoms with Gasteiger partial charge in [0.15, 0.2) is 5.96 Å². The van der Waals surface area contributed by atoms with E-state index in [-0.39, 0.29) is 24.0 Å². The highest BCUT2D eigenvalue weighted by Gasteiger charge is 2.33. The Kier molecular flexibility index (Phi) is 10.9. The van der Waals surface area contributed by atoms with E-state index in [0.717, 1.165) is 45.0 Å². The van der Waals surface area contributed by atoms with Crippen LogP contribution in [0.15, 0.2) is 22.5 Å². The first-order chi connectivity index (χ1) is 11.3. The van der Waals surface area contributed by atoms with E-state index in [1.165, 1.54) is 30.6 Å². The number of hydrogen-bond acceptors (Lipinski definition) is 3. The Morgan fingerprint density at radius 2 is 2.12 bits per heavy atom. The summed E-state index contributed by atoms with van der Waals surface area (Å²) in [4.78, 5) is 6.30. The quantitative estimate of drug-likeness (QED) is 0.329. The van der Waals surface area contributed by atoms with Gasteiger partial charge in [-0.1, -0.05) is 18.9 Å². The Labute approximate surface area is 167 Å². The maximum absolute atomic E-state index is 5.31. The van der Waals surface area contributed by atoms with E-state index in [2.05, 4.69) is 35.1 Å². The van der Waals surface area contributed by atoms with Crippen molar-refractivity contribution in [2.45, 2.75) is 45.4 Å². The van der Waals surface area contributed by atoms with Crippen molar-refractivity contribution in [3.05, 3.63) is 22.4 Å². The van der Waals surface area contributed by atoms with Gasteiger partial charge in [-0.2, -0.15) is 0 Å². The summed E-state index contributed by atoms with van der Waals surface area (Å²) in [5.74, 6) is 0.952. The maximum atomic E-state index is 5.31. The number of nitrogens with one attached hydrogen (secondary N) is 2. The topological polar surface area (TPSA) is 45.7 Å². The van der Waals surface area contributed by atoms with Gasteiger partial charge in [0.2, 0.25) is 0 Å². The molecule has 0 atom stereocenters. The summed E-state index contributed by atoms with van der Waals surface area (Å²) in [6.07, 6.45) is 7.42. The zero-order valence-electron chi connectivity index (χ0n) is 15.0. The van der Waals surface area contributed by atoms with Crippen LogP contribution >= 0.6 is 35.3 Å². The smallest absolute Gasteiger partial charge is 0.191 e. The third kappa shape index (κ3) is 7.27. The molecule has 0 amide bonds. The number of guanidine groups is 1. The molecule has 138 valence electrons. The number of methoxy groups -OCH3 is 1. The molecule has 1 aliphatic rings.